The summed E-state index contributed by atoms with van der Waals surface area (Å²) in [5, 5.41) is 0. The highest BCUT2D eigenvalue weighted by Gasteiger charge is 2.02. The molecule has 0 aliphatic carbocycles. The van der Waals surface area contributed by atoms with E-state index in [2.05, 4.69) is 20.9 Å². The Bertz CT molecular complexity index is 526. The van der Waals surface area contributed by atoms with E-state index in [0.717, 1.165) is 27.4 Å². The van der Waals surface area contributed by atoms with E-state index < -0.39 is 0 Å². The maximum absolute atomic E-state index is 5.66. The van der Waals surface area contributed by atoms with E-state index in [4.69, 9.17) is 9.47 Å². The highest BCUT2D eigenvalue weighted by atomic mass is 79.9. The van der Waals surface area contributed by atoms with E-state index in [0.29, 0.717) is 6.61 Å². The van der Waals surface area contributed by atoms with Gasteiger partial charge in [0, 0.05) is 22.3 Å². The summed E-state index contributed by atoms with van der Waals surface area (Å²) in [4.78, 5) is 4.40. The quantitative estimate of drug-likeness (QED) is 0.862. The summed E-state index contributed by atoms with van der Waals surface area (Å²) in [6.07, 6.45) is 0. The molecule has 0 fully saturated rings. The van der Waals surface area contributed by atoms with Gasteiger partial charge in [-0.3, -0.25) is 4.98 Å². The van der Waals surface area contributed by atoms with Crippen molar-refractivity contribution < 1.29 is 9.47 Å². The minimum absolute atomic E-state index is 0.430. The Balaban J connectivity index is 2.05. The van der Waals surface area contributed by atoms with Gasteiger partial charge in [-0.25, -0.2) is 0 Å². The van der Waals surface area contributed by atoms with Gasteiger partial charge in [-0.1, -0.05) is 15.9 Å². The van der Waals surface area contributed by atoms with Crippen molar-refractivity contribution in [2.24, 2.45) is 0 Å². The largest absolute Gasteiger partial charge is 0.497 e. The second-order valence-electron chi connectivity index (χ2n) is 3.88. The summed E-state index contributed by atoms with van der Waals surface area (Å²) in [6, 6.07) is 11.5. The van der Waals surface area contributed by atoms with E-state index in [-0.39, 0.29) is 0 Å². The zero-order valence-electron chi connectivity index (χ0n) is 10.3. The fourth-order valence-corrected chi connectivity index (χ4v) is 1.85. The number of hydrogen-bond donors (Lipinski definition) is 0. The summed E-state index contributed by atoms with van der Waals surface area (Å²) in [5.74, 6) is 1.62. The van der Waals surface area contributed by atoms with Crippen LogP contribution in [0.3, 0.4) is 0 Å². The molecule has 1 heterocycles. The number of hydrogen-bond acceptors (Lipinski definition) is 3. The highest BCUT2D eigenvalue weighted by Crippen LogP contribution is 2.18. The van der Waals surface area contributed by atoms with E-state index in [1.54, 1.807) is 7.11 Å². The van der Waals surface area contributed by atoms with Gasteiger partial charge in [-0.05, 0) is 31.2 Å². The molecular formula is C14H14BrNO2. The molecule has 0 spiro atoms. The van der Waals surface area contributed by atoms with Crippen molar-refractivity contribution >= 4 is 15.9 Å². The van der Waals surface area contributed by atoms with Gasteiger partial charge in [-0.15, -0.1) is 0 Å². The van der Waals surface area contributed by atoms with E-state index >= 15 is 0 Å². The molecule has 0 amide bonds. The van der Waals surface area contributed by atoms with Crippen LogP contribution in [0.25, 0.3) is 0 Å². The number of rotatable bonds is 4. The summed E-state index contributed by atoms with van der Waals surface area (Å²) < 4.78 is 11.9. The van der Waals surface area contributed by atoms with Crippen LogP contribution in [0.15, 0.2) is 40.9 Å². The Hall–Kier alpha value is -1.55. The van der Waals surface area contributed by atoms with Crippen LogP contribution in [-0.4, -0.2) is 12.1 Å². The van der Waals surface area contributed by atoms with Crippen molar-refractivity contribution in [1.82, 2.24) is 4.98 Å². The minimum atomic E-state index is 0.430. The zero-order valence-corrected chi connectivity index (χ0v) is 11.9. The summed E-state index contributed by atoms with van der Waals surface area (Å²) >= 11 is 3.39. The number of nitrogens with zero attached hydrogens (tertiary/aromatic N) is 1. The third kappa shape index (κ3) is 3.47. The number of halogens is 1. The van der Waals surface area contributed by atoms with Crippen LogP contribution < -0.4 is 9.47 Å². The van der Waals surface area contributed by atoms with E-state index in [1.165, 1.54) is 0 Å². The van der Waals surface area contributed by atoms with Crippen molar-refractivity contribution in [2.75, 3.05) is 7.11 Å². The van der Waals surface area contributed by atoms with Crippen LogP contribution in [0.5, 0.6) is 11.5 Å². The van der Waals surface area contributed by atoms with Crippen molar-refractivity contribution in [2.45, 2.75) is 13.5 Å². The minimum Gasteiger partial charge on any atom is -0.497 e. The normalized spacial score (nSPS) is 10.2. The molecule has 94 valence electrons. The lowest BCUT2D eigenvalue weighted by atomic mass is 10.3. The highest BCUT2D eigenvalue weighted by molar-refractivity contribution is 9.10. The predicted octanol–water partition coefficient (Wildman–Crippen LogP) is 3.74. The Morgan fingerprint density at radius 2 is 1.83 bits per heavy atom. The molecule has 0 aliphatic heterocycles. The average Bonchev–Trinajstić information content (AvgIpc) is 2.37. The van der Waals surface area contributed by atoms with Crippen LogP contribution in [0.2, 0.25) is 0 Å². The van der Waals surface area contributed by atoms with Gasteiger partial charge in [0.2, 0.25) is 0 Å². The predicted molar refractivity (Wildman–Crippen MR) is 74.0 cm³/mol. The van der Waals surface area contributed by atoms with Crippen molar-refractivity contribution in [3.05, 3.63) is 52.3 Å². The maximum Gasteiger partial charge on any atom is 0.130 e. The van der Waals surface area contributed by atoms with Crippen molar-refractivity contribution in [3.8, 4) is 11.5 Å². The van der Waals surface area contributed by atoms with Crippen LogP contribution in [0.1, 0.15) is 11.4 Å². The monoisotopic (exact) mass is 307 g/mol. The molecule has 0 N–H and O–H groups in total. The molecule has 0 radical (unpaired) electrons. The standard InChI is InChI=1S/C14H14BrNO2/c1-10-7-14(17-2)8-12(16-10)9-18-13-5-3-11(15)4-6-13/h3-8H,9H2,1-2H3. The van der Waals surface area contributed by atoms with Gasteiger partial charge in [0.05, 0.1) is 12.8 Å². The molecule has 1 aromatic carbocycles. The van der Waals surface area contributed by atoms with Crippen molar-refractivity contribution in [3.63, 3.8) is 0 Å². The molecule has 0 bridgehead atoms. The number of pyridine rings is 1. The Labute approximate surface area is 115 Å². The maximum atomic E-state index is 5.66. The number of aryl methyl sites for hydroxylation is 1. The number of aromatic nitrogens is 1. The lowest BCUT2D eigenvalue weighted by molar-refractivity contribution is 0.300. The molecule has 3 nitrogen and oxygen atoms in total. The lowest BCUT2D eigenvalue weighted by Crippen LogP contribution is -2.00. The summed E-state index contributed by atoms with van der Waals surface area (Å²) in [6.45, 7) is 2.37. The van der Waals surface area contributed by atoms with E-state index in [9.17, 15) is 0 Å². The second-order valence-corrected chi connectivity index (χ2v) is 4.80. The SMILES string of the molecule is COc1cc(C)nc(COc2ccc(Br)cc2)c1. The van der Waals surface area contributed by atoms with Crippen LogP contribution in [-0.2, 0) is 6.61 Å². The average molecular weight is 308 g/mol. The zero-order chi connectivity index (χ0) is 13.0. The Morgan fingerprint density at radius 3 is 2.50 bits per heavy atom. The lowest BCUT2D eigenvalue weighted by Gasteiger charge is -2.08. The fraction of sp³-hybridized carbons (Fsp3) is 0.214. The molecule has 0 aliphatic rings. The first kappa shape index (κ1) is 12.9. The number of benzene rings is 1. The number of ether oxygens (including phenoxy) is 2. The fourth-order valence-electron chi connectivity index (χ4n) is 1.58. The Morgan fingerprint density at radius 1 is 1.11 bits per heavy atom. The molecule has 1 aromatic heterocycles. The van der Waals surface area contributed by atoms with Gasteiger partial charge in [0.25, 0.3) is 0 Å². The third-order valence-electron chi connectivity index (χ3n) is 2.42. The molecule has 2 rings (SSSR count). The van der Waals surface area contributed by atoms with Gasteiger partial charge < -0.3 is 9.47 Å². The number of methoxy groups -OCH3 is 1. The third-order valence-corrected chi connectivity index (χ3v) is 2.94. The van der Waals surface area contributed by atoms with Gasteiger partial charge in [-0.2, -0.15) is 0 Å². The molecule has 4 heteroatoms. The molecule has 0 atom stereocenters. The first-order valence-corrected chi connectivity index (χ1v) is 6.36. The van der Waals surface area contributed by atoms with Crippen LogP contribution in [0, 0.1) is 6.92 Å². The van der Waals surface area contributed by atoms with Crippen molar-refractivity contribution in [1.29, 1.82) is 0 Å². The van der Waals surface area contributed by atoms with Crippen LogP contribution >= 0.6 is 15.9 Å². The van der Waals surface area contributed by atoms with Gasteiger partial charge >= 0.3 is 0 Å². The molecule has 0 unspecified atom stereocenters. The first-order chi connectivity index (χ1) is 8.67. The second kappa shape index (κ2) is 5.87. The Kier molecular flexibility index (Phi) is 4.20. The van der Waals surface area contributed by atoms with Gasteiger partial charge in [0.15, 0.2) is 0 Å². The first-order valence-electron chi connectivity index (χ1n) is 5.57. The smallest absolute Gasteiger partial charge is 0.130 e. The molecule has 2 aromatic rings. The van der Waals surface area contributed by atoms with Crippen LogP contribution in [0.4, 0.5) is 0 Å². The topological polar surface area (TPSA) is 31.4 Å². The molecule has 0 saturated carbocycles. The molecule has 0 saturated heterocycles. The van der Waals surface area contributed by atoms with E-state index in [1.807, 2.05) is 43.3 Å². The summed E-state index contributed by atoms with van der Waals surface area (Å²) in [7, 11) is 1.65. The summed E-state index contributed by atoms with van der Waals surface area (Å²) in [5.41, 5.74) is 1.78. The molecular weight excluding hydrogens is 294 g/mol. The van der Waals surface area contributed by atoms with Gasteiger partial charge in [0.1, 0.15) is 18.1 Å². The molecule has 18 heavy (non-hydrogen) atoms.